The molecule has 94 valence electrons. The first-order valence-electron chi connectivity index (χ1n) is 5.90. The van der Waals surface area contributed by atoms with Crippen LogP contribution < -0.4 is 5.32 Å². The Kier molecular flexibility index (Phi) is 4.07. The Morgan fingerprint density at radius 2 is 2.47 bits per heavy atom. The quantitative estimate of drug-likeness (QED) is 0.917. The number of likely N-dealkylation sites (N-methyl/N-ethyl adjacent to an activating group) is 1. The molecule has 0 bridgehead atoms. The van der Waals surface area contributed by atoms with E-state index in [4.69, 9.17) is 11.6 Å². The minimum Gasteiger partial charge on any atom is -0.334 e. The molecule has 1 aliphatic heterocycles. The second-order valence-corrected chi connectivity index (χ2v) is 5.56. The molecule has 1 N–H and O–H groups in total. The Bertz CT molecular complexity index is 413. The second-order valence-electron chi connectivity index (χ2n) is 4.30. The average Bonchev–Trinajstić information content (AvgIpc) is 2.92. The molecule has 0 aromatic carbocycles. The number of nitrogens with one attached hydrogen (secondary N) is 1. The van der Waals surface area contributed by atoms with Crippen LogP contribution in [0, 0.1) is 6.92 Å². The van der Waals surface area contributed by atoms with Gasteiger partial charge in [0.15, 0.2) is 0 Å². The summed E-state index contributed by atoms with van der Waals surface area (Å²) in [5, 5.41) is 5.85. The van der Waals surface area contributed by atoms with E-state index >= 15 is 0 Å². The fourth-order valence-corrected chi connectivity index (χ4v) is 3.41. The van der Waals surface area contributed by atoms with Gasteiger partial charge in [-0.1, -0.05) is 11.6 Å². The lowest BCUT2D eigenvalue weighted by Gasteiger charge is -2.26. The van der Waals surface area contributed by atoms with Crippen molar-refractivity contribution in [2.45, 2.75) is 26.3 Å². The van der Waals surface area contributed by atoms with Crippen LogP contribution in [0.25, 0.3) is 0 Å². The third-order valence-electron chi connectivity index (χ3n) is 3.17. The Hall–Kier alpha value is -0.580. The summed E-state index contributed by atoms with van der Waals surface area (Å²) >= 11 is 7.60. The lowest BCUT2D eigenvalue weighted by atomic mass is 10.2. The predicted molar refractivity (Wildman–Crippen MR) is 72.1 cm³/mol. The van der Waals surface area contributed by atoms with Crippen molar-refractivity contribution in [2.75, 3.05) is 19.6 Å². The molecular formula is C12H17ClN2OS. The average molecular weight is 273 g/mol. The molecule has 1 amide bonds. The highest BCUT2D eigenvalue weighted by Crippen LogP contribution is 2.29. The summed E-state index contributed by atoms with van der Waals surface area (Å²) in [7, 11) is 0. The number of amides is 1. The maximum absolute atomic E-state index is 12.4. The van der Waals surface area contributed by atoms with E-state index in [1.54, 1.807) is 0 Å². The molecule has 0 aliphatic carbocycles. The van der Waals surface area contributed by atoms with E-state index in [9.17, 15) is 4.79 Å². The minimum atomic E-state index is 0.0734. The number of aryl methyl sites for hydroxylation is 1. The summed E-state index contributed by atoms with van der Waals surface area (Å²) in [6.45, 7) is 6.57. The molecule has 1 aliphatic rings. The lowest BCUT2D eigenvalue weighted by molar-refractivity contribution is 0.0709. The van der Waals surface area contributed by atoms with E-state index < -0.39 is 0 Å². The molecule has 1 aromatic heterocycles. The molecule has 5 heteroatoms. The third-order valence-corrected chi connectivity index (χ3v) is 4.85. The summed E-state index contributed by atoms with van der Waals surface area (Å²) in [6.07, 6.45) is 1.03. The standard InChI is InChI=1S/C12H17ClN2OS/c1-3-15(9-4-5-14-6-9)12(16)11-10(13)8(2)7-17-11/h7,9,14H,3-6H2,1-2H3. The predicted octanol–water partition coefficient (Wildman–Crippen LogP) is 2.53. The number of nitrogens with zero attached hydrogens (tertiary/aromatic N) is 1. The summed E-state index contributed by atoms with van der Waals surface area (Å²) < 4.78 is 0. The van der Waals surface area contributed by atoms with E-state index in [2.05, 4.69) is 5.32 Å². The first kappa shape index (κ1) is 12.9. The molecule has 1 aromatic rings. The van der Waals surface area contributed by atoms with Crippen molar-refractivity contribution in [2.24, 2.45) is 0 Å². The van der Waals surface area contributed by atoms with Crippen LogP contribution >= 0.6 is 22.9 Å². The van der Waals surface area contributed by atoms with E-state index in [1.165, 1.54) is 11.3 Å². The number of hydrogen-bond acceptors (Lipinski definition) is 3. The molecule has 2 heterocycles. The molecular weight excluding hydrogens is 256 g/mol. The maximum Gasteiger partial charge on any atom is 0.265 e. The maximum atomic E-state index is 12.4. The zero-order valence-electron chi connectivity index (χ0n) is 10.1. The van der Waals surface area contributed by atoms with Crippen molar-refractivity contribution in [3.05, 3.63) is 20.8 Å². The fourth-order valence-electron chi connectivity index (χ4n) is 2.18. The van der Waals surface area contributed by atoms with Crippen LogP contribution in [0.4, 0.5) is 0 Å². The van der Waals surface area contributed by atoms with Gasteiger partial charge in [0.05, 0.1) is 5.02 Å². The number of rotatable bonds is 3. The molecule has 0 saturated carbocycles. The van der Waals surface area contributed by atoms with E-state index in [1.807, 2.05) is 24.1 Å². The van der Waals surface area contributed by atoms with Crippen molar-refractivity contribution in [3.8, 4) is 0 Å². The third kappa shape index (κ3) is 2.49. The highest BCUT2D eigenvalue weighted by atomic mass is 35.5. The van der Waals surface area contributed by atoms with Crippen molar-refractivity contribution in [3.63, 3.8) is 0 Å². The van der Waals surface area contributed by atoms with Crippen molar-refractivity contribution >= 4 is 28.8 Å². The van der Waals surface area contributed by atoms with Gasteiger partial charge < -0.3 is 10.2 Å². The zero-order chi connectivity index (χ0) is 12.4. The Morgan fingerprint density at radius 1 is 1.71 bits per heavy atom. The number of carbonyl (C=O) groups excluding carboxylic acids is 1. The topological polar surface area (TPSA) is 32.3 Å². The largest absolute Gasteiger partial charge is 0.334 e. The zero-order valence-corrected chi connectivity index (χ0v) is 11.7. The van der Waals surface area contributed by atoms with E-state index in [0.29, 0.717) is 15.9 Å². The molecule has 1 atom stereocenters. The minimum absolute atomic E-state index is 0.0734. The molecule has 0 spiro atoms. The van der Waals surface area contributed by atoms with Gasteiger partial charge in [0.25, 0.3) is 5.91 Å². The SMILES string of the molecule is CCN(C(=O)c1scc(C)c1Cl)C1CCNC1. The smallest absolute Gasteiger partial charge is 0.265 e. The lowest BCUT2D eigenvalue weighted by Crippen LogP contribution is -2.41. The van der Waals surface area contributed by atoms with Gasteiger partial charge in [-0.2, -0.15) is 0 Å². The highest BCUT2D eigenvalue weighted by molar-refractivity contribution is 7.13. The van der Waals surface area contributed by atoms with Gasteiger partial charge in [-0.15, -0.1) is 11.3 Å². The highest BCUT2D eigenvalue weighted by Gasteiger charge is 2.28. The molecule has 1 saturated heterocycles. The van der Waals surface area contributed by atoms with Gasteiger partial charge in [-0.05, 0) is 37.8 Å². The molecule has 1 fully saturated rings. The van der Waals surface area contributed by atoms with Gasteiger partial charge >= 0.3 is 0 Å². The van der Waals surface area contributed by atoms with Gasteiger partial charge in [-0.25, -0.2) is 0 Å². The number of hydrogen-bond donors (Lipinski definition) is 1. The molecule has 3 nitrogen and oxygen atoms in total. The second kappa shape index (κ2) is 5.38. The summed E-state index contributed by atoms with van der Waals surface area (Å²) in [4.78, 5) is 15.0. The van der Waals surface area contributed by atoms with E-state index in [0.717, 1.165) is 31.6 Å². The Morgan fingerprint density at radius 3 is 2.94 bits per heavy atom. The number of halogens is 1. The van der Waals surface area contributed by atoms with Gasteiger partial charge in [0.1, 0.15) is 4.88 Å². The van der Waals surface area contributed by atoms with E-state index in [-0.39, 0.29) is 5.91 Å². The van der Waals surface area contributed by atoms with Crippen LogP contribution in [0.2, 0.25) is 5.02 Å². The Balaban J connectivity index is 2.19. The molecule has 0 radical (unpaired) electrons. The number of thiophene rings is 1. The monoisotopic (exact) mass is 272 g/mol. The van der Waals surface area contributed by atoms with Crippen LogP contribution in [-0.2, 0) is 0 Å². The van der Waals surface area contributed by atoms with Crippen LogP contribution in [0.5, 0.6) is 0 Å². The summed E-state index contributed by atoms with van der Waals surface area (Å²) in [6, 6.07) is 0.311. The summed E-state index contributed by atoms with van der Waals surface area (Å²) in [5.41, 5.74) is 0.987. The number of carbonyl (C=O) groups is 1. The molecule has 2 rings (SSSR count). The summed E-state index contributed by atoms with van der Waals surface area (Å²) in [5.74, 6) is 0.0734. The van der Waals surface area contributed by atoms with Gasteiger partial charge in [-0.3, -0.25) is 4.79 Å². The molecule has 17 heavy (non-hydrogen) atoms. The van der Waals surface area contributed by atoms with Crippen molar-refractivity contribution in [1.29, 1.82) is 0 Å². The van der Waals surface area contributed by atoms with Gasteiger partial charge in [0.2, 0.25) is 0 Å². The fraction of sp³-hybridized carbons (Fsp3) is 0.583. The normalized spacial score (nSPS) is 19.6. The van der Waals surface area contributed by atoms with Gasteiger partial charge in [0, 0.05) is 19.1 Å². The van der Waals surface area contributed by atoms with Crippen molar-refractivity contribution < 1.29 is 4.79 Å². The van der Waals surface area contributed by atoms with Crippen LogP contribution in [0.3, 0.4) is 0 Å². The first-order valence-corrected chi connectivity index (χ1v) is 7.16. The first-order chi connectivity index (χ1) is 8.15. The van der Waals surface area contributed by atoms with Crippen molar-refractivity contribution in [1.82, 2.24) is 10.2 Å². The van der Waals surface area contributed by atoms with Crippen LogP contribution in [-0.4, -0.2) is 36.5 Å². The Labute approximate surface area is 111 Å². The van der Waals surface area contributed by atoms with Crippen LogP contribution in [0.15, 0.2) is 5.38 Å². The molecule has 1 unspecified atom stereocenters. The van der Waals surface area contributed by atoms with Crippen LogP contribution in [0.1, 0.15) is 28.6 Å².